The van der Waals surface area contributed by atoms with Crippen LogP contribution in [0.15, 0.2) is 63.9 Å². The molecule has 0 atom stereocenters. The number of carboxylic acids is 1. The molecule has 0 radical (unpaired) electrons. The van der Waals surface area contributed by atoms with Crippen molar-refractivity contribution in [3.63, 3.8) is 0 Å². The van der Waals surface area contributed by atoms with Crippen molar-refractivity contribution >= 4 is 35.7 Å². The number of rotatable bonds is 4. The third kappa shape index (κ3) is 4.40. The van der Waals surface area contributed by atoms with Crippen LogP contribution in [0.1, 0.15) is 36.8 Å². The molecule has 0 saturated carbocycles. The lowest BCUT2D eigenvalue weighted by molar-refractivity contribution is -0.137. The van der Waals surface area contributed by atoms with Gasteiger partial charge in [0.05, 0.1) is 0 Å². The van der Waals surface area contributed by atoms with E-state index in [2.05, 4.69) is 53.4 Å². The molecule has 0 spiro atoms. The van der Waals surface area contributed by atoms with E-state index in [1.807, 2.05) is 11.8 Å². The number of fused-ring (bicyclic) bond motifs is 2. The number of likely N-dealkylation sites (tertiary alicyclic amines) is 1. The second-order valence-corrected chi connectivity index (χ2v) is 8.00. The Bertz CT molecular complexity index is 807. The lowest BCUT2D eigenvalue weighted by Crippen LogP contribution is -2.32. The number of hydrogen-bond donors (Lipinski definition) is 1. The number of hydrogen-bond acceptors (Lipinski definition) is 3. The average molecular weight is 402 g/mol. The summed E-state index contributed by atoms with van der Waals surface area (Å²) in [4.78, 5) is 15.8. The van der Waals surface area contributed by atoms with E-state index in [1.165, 1.54) is 26.5 Å². The maximum Gasteiger partial charge on any atom is 0.303 e. The first-order valence-electron chi connectivity index (χ1n) is 9.25. The Morgan fingerprint density at radius 3 is 2.07 bits per heavy atom. The highest BCUT2D eigenvalue weighted by atomic mass is 35.5. The van der Waals surface area contributed by atoms with Gasteiger partial charge in [-0.3, -0.25) is 4.79 Å². The van der Waals surface area contributed by atoms with E-state index in [9.17, 15) is 4.79 Å². The van der Waals surface area contributed by atoms with Gasteiger partial charge >= 0.3 is 5.97 Å². The van der Waals surface area contributed by atoms with Crippen LogP contribution in [0, 0.1) is 0 Å². The van der Waals surface area contributed by atoms with Crippen LogP contribution in [-0.2, 0) is 4.79 Å². The Morgan fingerprint density at radius 1 is 0.963 bits per heavy atom. The van der Waals surface area contributed by atoms with Gasteiger partial charge in [0.2, 0.25) is 0 Å². The molecule has 2 heterocycles. The third-order valence-electron chi connectivity index (χ3n) is 5.21. The van der Waals surface area contributed by atoms with Crippen molar-refractivity contribution in [3.05, 3.63) is 65.2 Å². The van der Waals surface area contributed by atoms with E-state index in [4.69, 9.17) is 5.11 Å². The smallest absolute Gasteiger partial charge is 0.303 e. The normalized spacial score (nSPS) is 16.3. The van der Waals surface area contributed by atoms with Crippen LogP contribution in [0.2, 0.25) is 0 Å². The Morgan fingerprint density at radius 2 is 1.52 bits per heavy atom. The minimum Gasteiger partial charge on any atom is -0.481 e. The standard InChI is InChI=1S/C22H23NO2S.ClH/c24-21(25)10-5-13-23-14-11-16(12-15-23)22-17-6-1-3-8-19(17)26-20-9-4-2-7-18(20)22;/h1-4,6-9H,5,10-15H2,(H,24,25);1H. The lowest BCUT2D eigenvalue weighted by atomic mass is 9.88. The summed E-state index contributed by atoms with van der Waals surface area (Å²) in [6, 6.07) is 17.4. The molecule has 5 heteroatoms. The molecule has 27 heavy (non-hydrogen) atoms. The fourth-order valence-electron chi connectivity index (χ4n) is 3.92. The van der Waals surface area contributed by atoms with Crippen molar-refractivity contribution in [2.24, 2.45) is 0 Å². The summed E-state index contributed by atoms with van der Waals surface area (Å²) >= 11 is 1.86. The largest absolute Gasteiger partial charge is 0.481 e. The number of nitrogens with zero attached hydrogens (tertiary/aromatic N) is 1. The molecule has 0 unspecified atom stereocenters. The van der Waals surface area contributed by atoms with E-state index < -0.39 is 5.97 Å². The van der Waals surface area contributed by atoms with Gasteiger partial charge in [-0.1, -0.05) is 53.7 Å². The van der Waals surface area contributed by atoms with Crippen molar-refractivity contribution in [1.82, 2.24) is 4.90 Å². The zero-order chi connectivity index (χ0) is 17.9. The van der Waals surface area contributed by atoms with Gasteiger partial charge in [-0.15, -0.1) is 12.4 Å². The van der Waals surface area contributed by atoms with Crippen molar-refractivity contribution < 1.29 is 9.90 Å². The molecule has 0 aromatic heterocycles. The molecule has 2 aliphatic heterocycles. The van der Waals surface area contributed by atoms with Crippen LogP contribution in [-0.4, -0.2) is 35.6 Å². The van der Waals surface area contributed by atoms with Crippen LogP contribution in [0.25, 0.3) is 5.57 Å². The third-order valence-corrected chi connectivity index (χ3v) is 6.36. The Labute approximate surface area is 170 Å². The zero-order valence-corrected chi connectivity index (χ0v) is 16.8. The molecule has 1 fully saturated rings. The fraction of sp³-hybridized carbons (Fsp3) is 0.318. The molecule has 0 bridgehead atoms. The van der Waals surface area contributed by atoms with Crippen molar-refractivity contribution in [2.75, 3.05) is 19.6 Å². The highest BCUT2D eigenvalue weighted by molar-refractivity contribution is 7.99. The van der Waals surface area contributed by atoms with E-state index in [1.54, 1.807) is 5.57 Å². The number of carbonyl (C=O) groups is 1. The first kappa shape index (κ1) is 20.0. The van der Waals surface area contributed by atoms with Gasteiger partial charge < -0.3 is 10.0 Å². The van der Waals surface area contributed by atoms with Crippen LogP contribution >= 0.6 is 24.2 Å². The van der Waals surface area contributed by atoms with Gasteiger partial charge in [0.25, 0.3) is 0 Å². The van der Waals surface area contributed by atoms with E-state index in [0.717, 1.165) is 38.9 Å². The average Bonchev–Trinajstić information content (AvgIpc) is 2.66. The van der Waals surface area contributed by atoms with Crippen molar-refractivity contribution in [2.45, 2.75) is 35.5 Å². The van der Waals surface area contributed by atoms with E-state index in [0.29, 0.717) is 0 Å². The zero-order valence-electron chi connectivity index (χ0n) is 15.2. The summed E-state index contributed by atoms with van der Waals surface area (Å²) < 4.78 is 0. The maximum atomic E-state index is 10.7. The van der Waals surface area contributed by atoms with Gasteiger partial charge in [0.15, 0.2) is 0 Å². The molecular weight excluding hydrogens is 378 g/mol. The molecule has 0 amide bonds. The first-order valence-corrected chi connectivity index (χ1v) is 10.1. The molecule has 2 aliphatic rings. The molecule has 3 nitrogen and oxygen atoms in total. The van der Waals surface area contributed by atoms with E-state index >= 15 is 0 Å². The second kappa shape index (κ2) is 8.96. The maximum absolute atomic E-state index is 10.7. The second-order valence-electron chi connectivity index (χ2n) is 6.91. The molecule has 0 aliphatic carbocycles. The number of benzene rings is 2. The Kier molecular flexibility index (Phi) is 6.64. The monoisotopic (exact) mass is 401 g/mol. The van der Waals surface area contributed by atoms with Gasteiger partial charge in [-0.25, -0.2) is 0 Å². The topological polar surface area (TPSA) is 40.5 Å². The van der Waals surface area contributed by atoms with Crippen LogP contribution < -0.4 is 0 Å². The number of halogens is 1. The minimum atomic E-state index is -0.697. The fourth-order valence-corrected chi connectivity index (χ4v) is 5.01. The van der Waals surface area contributed by atoms with Crippen molar-refractivity contribution in [1.29, 1.82) is 0 Å². The minimum absolute atomic E-state index is 0. The summed E-state index contributed by atoms with van der Waals surface area (Å²) in [5.41, 5.74) is 5.70. The highest BCUT2D eigenvalue weighted by Gasteiger charge is 2.25. The van der Waals surface area contributed by atoms with Crippen LogP contribution in [0.5, 0.6) is 0 Å². The predicted octanol–water partition coefficient (Wildman–Crippen LogP) is 5.34. The molecule has 2 aromatic rings. The quantitative estimate of drug-likeness (QED) is 0.641. The number of piperidine rings is 1. The SMILES string of the molecule is Cl.O=C(O)CCCN1CCC(=C2c3ccccc3Sc3ccccc32)CC1. The van der Waals surface area contributed by atoms with Gasteiger partial charge in [-0.05, 0) is 54.6 Å². The summed E-state index contributed by atoms with van der Waals surface area (Å²) in [5.74, 6) is -0.697. The summed E-state index contributed by atoms with van der Waals surface area (Å²) in [5, 5.41) is 8.81. The molecule has 2 aromatic carbocycles. The van der Waals surface area contributed by atoms with Gasteiger partial charge in [0.1, 0.15) is 0 Å². The predicted molar refractivity (Wildman–Crippen MR) is 113 cm³/mol. The van der Waals surface area contributed by atoms with Gasteiger partial charge in [0, 0.05) is 29.3 Å². The van der Waals surface area contributed by atoms with Crippen LogP contribution in [0.3, 0.4) is 0 Å². The lowest BCUT2D eigenvalue weighted by Gasteiger charge is -2.32. The summed E-state index contributed by atoms with van der Waals surface area (Å²) in [6.07, 6.45) is 3.14. The molecule has 142 valence electrons. The number of carboxylic acid groups (broad SMARTS) is 1. The molecule has 4 rings (SSSR count). The first-order chi connectivity index (χ1) is 12.7. The summed E-state index contributed by atoms with van der Waals surface area (Å²) in [7, 11) is 0. The van der Waals surface area contributed by atoms with E-state index in [-0.39, 0.29) is 18.8 Å². The summed E-state index contributed by atoms with van der Waals surface area (Å²) in [6.45, 7) is 2.93. The Hall–Kier alpha value is -1.75. The highest BCUT2D eigenvalue weighted by Crippen LogP contribution is 2.47. The molecule has 1 N–H and O–H groups in total. The molecular formula is C22H24ClNO2S. The number of aliphatic carboxylic acids is 1. The van der Waals surface area contributed by atoms with Crippen molar-refractivity contribution in [3.8, 4) is 0 Å². The Balaban J connectivity index is 0.00000210. The molecule has 1 saturated heterocycles. The van der Waals surface area contributed by atoms with Gasteiger partial charge in [-0.2, -0.15) is 0 Å². The van der Waals surface area contributed by atoms with Crippen LogP contribution in [0.4, 0.5) is 0 Å².